The van der Waals surface area contributed by atoms with Crippen LogP contribution in [0.4, 0.5) is 0 Å². The number of nitrogens with one attached hydrogen (secondary N) is 1. The molecule has 0 bridgehead atoms. The number of nitrogens with zero attached hydrogens (tertiary/aromatic N) is 1. The van der Waals surface area contributed by atoms with E-state index in [2.05, 4.69) is 5.32 Å². The second-order valence-corrected chi connectivity index (χ2v) is 8.91. The Morgan fingerprint density at radius 2 is 1.82 bits per heavy atom. The summed E-state index contributed by atoms with van der Waals surface area (Å²) in [5.41, 5.74) is 1.92. The highest BCUT2D eigenvalue weighted by Gasteiger charge is 2.28. The number of fused-ring (bicyclic) bond motifs is 1. The van der Waals surface area contributed by atoms with Gasteiger partial charge in [-0.2, -0.15) is 0 Å². The summed E-state index contributed by atoms with van der Waals surface area (Å²) in [6.07, 6.45) is 1.37. The highest BCUT2D eigenvalue weighted by atomic mass is 16.6. The largest absolute Gasteiger partial charge is 0.497 e. The Balaban J connectivity index is 1.76. The molecule has 1 aliphatic heterocycles. The summed E-state index contributed by atoms with van der Waals surface area (Å²) in [6, 6.07) is 12.8. The predicted molar refractivity (Wildman–Crippen MR) is 131 cm³/mol. The number of amides is 2. The van der Waals surface area contributed by atoms with Crippen LogP contribution in [0, 0.1) is 5.92 Å². The van der Waals surface area contributed by atoms with E-state index in [0.717, 1.165) is 22.6 Å². The van der Waals surface area contributed by atoms with Crippen LogP contribution in [0.25, 0.3) is 0 Å². The molecule has 0 saturated heterocycles. The van der Waals surface area contributed by atoms with E-state index in [9.17, 15) is 9.59 Å². The van der Waals surface area contributed by atoms with E-state index in [1.54, 1.807) is 12.0 Å². The Morgan fingerprint density at radius 3 is 2.53 bits per heavy atom. The van der Waals surface area contributed by atoms with Gasteiger partial charge in [-0.1, -0.05) is 39.0 Å². The molecule has 0 fully saturated rings. The Labute approximate surface area is 202 Å². The predicted octanol–water partition coefficient (Wildman–Crippen LogP) is 3.98. The number of hydrogen-bond acceptors (Lipinski definition) is 5. The fourth-order valence-electron chi connectivity index (χ4n) is 3.95. The number of carbonyl (C=O) groups is 2. The van der Waals surface area contributed by atoms with E-state index in [0.29, 0.717) is 50.8 Å². The van der Waals surface area contributed by atoms with Crippen molar-refractivity contribution in [2.75, 3.05) is 26.9 Å². The highest BCUT2D eigenvalue weighted by molar-refractivity contribution is 5.87. The molecule has 1 aliphatic rings. The zero-order chi connectivity index (χ0) is 24.5. The van der Waals surface area contributed by atoms with Gasteiger partial charge in [-0.15, -0.1) is 0 Å². The third kappa shape index (κ3) is 6.89. The van der Waals surface area contributed by atoms with Gasteiger partial charge in [0.2, 0.25) is 11.8 Å². The fraction of sp³-hybridized carbons (Fsp3) is 0.481. The lowest BCUT2D eigenvalue weighted by molar-refractivity contribution is -0.141. The van der Waals surface area contributed by atoms with Gasteiger partial charge in [0.15, 0.2) is 11.5 Å². The molecule has 2 aromatic carbocycles. The molecule has 0 saturated carbocycles. The van der Waals surface area contributed by atoms with Crippen LogP contribution in [0.2, 0.25) is 0 Å². The van der Waals surface area contributed by atoms with Gasteiger partial charge in [-0.3, -0.25) is 9.59 Å². The molecule has 2 amide bonds. The summed E-state index contributed by atoms with van der Waals surface area (Å²) >= 11 is 0. The van der Waals surface area contributed by atoms with E-state index in [4.69, 9.17) is 14.2 Å². The Hall–Kier alpha value is -3.22. The number of aryl methyl sites for hydroxylation is 1. The average molecular weight is 469 g/mol. The number of benzene rings is 2. The number of hydrogen-bond donors (Lipinski definition) is 1. The maximum absolute atomic E-state index is 13.5. The van der Waals surface area contributed by atoms with E-state index in [1.807, 2.05) is 63.2 Å². The summed E-state index contributed by atoms with van der Waals surface area (Å²) in [4.78, 5) is 28.2. The van der Waals surface area contributed by atoms with Crippen LogP contribution in [0.3, 0.4) is 0 Å². The number of carbonyl (C=O) groups excluding carboxylic acids is 2. The topological polar surface area (TPSA) is 77.1 Å². The maximum atomic E-state index is 13.5. The van der Waals surface area contributed by atoms with Crippen LogP contribution in [-0.4, -0.2) is 49.6 Å². The van der Waals surface area contributed by atoms with Crippen molar-refractivity contribution in [3.8, 4) is 17.2 Å². The zero-order valence-corrected chi connectivity index (χ0v) is 20.6. The second-order valence-electron chi connectivity index (χ2n) is 8.91. The molecular formula is C27H36N2O5. The maximum Gasteiger partial charge on any atom is 0.242 e. The molecule has 184 valence electrons. The molecule has 34 heavy (non-hydrogen) atoms. The monoisotopic (exact) mass is 468 g/mol. The molecule has 0 aliphatic carbocycles. The summed E-state index contributed by atoms with van der Waals surface area (Å²) in [5, 5.41) is 3.00. The van der Waals surface area contributed by atoms with Crippen LogP contribution in [-0.2, 0) is 22.6 Å². The minimum Gasteiger partial charge on any atom is -0.497 e. The summed E-state index contributed by atoms with van der Waals surface area (Å²) < 4.78 is 16.6. The van der Waals surface area contributed by atoms with Crippen molar-refractivity contribution in [2.45, 2.75) is 52.6 Å². The third-order valence-electron chi connectivity index (χ3n) is 5.79. The van der Waals surface area contributed by atoms with Crippen LogP contribution in [0.15, 0.2) is 42.5 Å². The first-order valence-corrected chi connectivity index (χ1v) is 12.0. The van der Waals surface area contributed by atoms with Crippen LogP contribution in [0.1, 0.15) is 44.7 Å². The fourth-order valence-corrected chi connectivity index (χ4v) is 3.95. The molecule has 0 aromatic heterocycles. The lowest BCUT2D eigenvalue weighted by Crippen LogP contribution is -2.49. The Bertz CT molecular complexity index is 975. The molecule has 1 N–H and O–H groups in total. The van der Waals surface area contributed by atoms with Gasteiger partial charge in [0, 0.05) is 19.5 Å². The first-order valence-electron chi connectivity index (χ1n) is 12.0. The first kappa shape index (κ1) is 25.4. The van der Waals surface area contributed by atoms with E-state index in [-0.39, 0.29) is 18.2 Å². The quantitative estimate of drug-likeness (QED) is 0.540. The smallest absolute Gasteiger partial charge is 0.242 e. The minimum atomic E-state index is -0.544. The van der Waals surface area contributed by atoms with Crippen LogP contribution in [0.5, 0.6) is 17.2 Å². The van der Waals surface area contributed by atoms with Crippen molar-refractivity contribution in [3.63, 3.8) is 0 Å². The van der Waals surface area contributed by atoms with Gasteiger partial charge in [0.05, 0.1) is 7.11 Å². The average Bonchev–Trinajstić information content (AvgIpc) is 2.85. The minimum absolute atomic E-state index is 0.0655. The lowest BCUT2D eigenvalue weighted by atomic mass is 10.1. The molecule has 7 heteroatoms. The van der Waals surface area contributed by atoms with Crippen molar-refractivity contribution >= 4 is 11.8 Å². The van der Waals surface area contributed by atoms with Gasteiger partial charge in [0.25, 0.3) is 0 Å². The van der Waals surface area contributed by atoms with E-state index in [1.165, 1.54) is 0 Å². The highest BCUT2D eigenvalue weighted by Crippen LogP contribution is 2.31. The lowest BCUT2D eigenvalue weighted by Gasteiger charge is -2.31. The number of ether oxygens (including phenoxy) is 3. The number of methoxy groups -OCH3 is 1. The van der Waals surface area contributed by atoms with Gasteiger partial charge in [-0.05, 0) is 54.2 Å². The standard InChI is InChI=1S/C27H36N2O5/c1-5-23(27(31)28-17-19(2)3)29(18-21-7-6-8-22(15-21)32-4)26(30)12-10-20-9-11-24-25(16-20)34-14-13-33-24/h6-9,11,15-16,19,23H,5,10,12-14,17-18H2,1-4H3,(H,28,31). The molecular weight excluding hydrogens is 432 g/mol. The molecule has 2 aromatic rings. The van der Waals surface area contributed by atoms with Crippen molar-refractivity contribution in [1.29, 1.82) is 0 Å². The molecule has 3 rings (SSSR count). The second kappa shape index (κ2) is 12.3. The van der Waals surface area contributed by atoms with E-state index >= 15 is 0 Å². The molecule has 0 radical (unpaired) electrons. The van der Waals surface area contributed by atoms with Crippen LogP contribution < -0.4 is 19.5 Å². The van der Waals surface area contributed by atoms with Crippen LogP contribution >= 0.6 is 0 Å². The van der Waals surface area contributed by atoms with Gasteiger partial charge >= 0.3 is 0 Å². The third-order valence-corrected chi connectivity index (χ3v) is 5.79. The molecule has 1 atom stereocenters. The Morgan fingerprint density at radius 1 is 1.06 bits per heavy atom. The number of rotatable bonds is 11. The van der Waals surface area contributed by atoms with Crippen molar-refractivity contribution < 1.29 is 23.8 Å². The molecule has 0 spiro atoms. The van der Waals surface area contributed by atoms with Crippen molar-refractivity contribution in [1.82, 2.24) is 10.2 Å². The van der Waals surface area contributed by atoms with Gasteiger partial charge in [-0.25, -0.2) is 0 Å². The molecule has 1 heterocycles. The summed E-state index contributed by atoms with van der Waals surface area (Å²) in [7, 11) is 1.61. The van der Waals surface area contributed by atoms with Crippen molar-refractivity contribution in [3.05, 3.63) is 53.6 Å². The summed E-state index contributed by atoms with van der Waals surface area (Å²) in [5.74, 6) is 2.31. The van der Waals surface area contributed by atoms with E-state index < -0.39 is 6.04 Å². The normalized spacial score (nSPS) is 13.3. The molecule has 1 unspecified atom stereocenters. The zero-order valence-electron chi connectivity index (χ0n) is 20.6. The SMILES string of the molecule is CCC(C(=O)NCC(C)C)N(Cc1cccc(OC)c1)C(=O)CCc1ccc2c(c1)OCCO2. The Kier molecular flexibility index (Phi) is 9.19. The van der Waals surface area contributed by atoms with Gasteiger partial charge in [0.1, 0.15) is 25.0 Å². The molecule has 7 nitrogen and oxygen atoms in total. The van der Waals surface area contributed by atoms with Crippen molar-refractivity contribution in [2.24, 2.45) is 5.92 Å². The van der Waals surface area contributed by atoms with Gasteiger partial charge < -0.3 is 24.4 Å². The summed E-state index contributed by atoms with van der Waals surface area (Å²) in [6.45, 7) is 8.01. The first-order chi connectivity index (χ1) is 16.4.